The maximum absolute atomic E-state index is 13.1. The summed E-state index contributed by atoms with van der Waals surface area (Å²) in [5.74, 6) is -1.02. The number of carbonyl (C=O) groups is 2. The molecule has 1 aliphatic rings. The first-order chi connectivity index (χ1) is 13.2. The van der Waals surface area contributed by atoms with Gasteiger partial charge in [0, 0.05) is 5.92 Å². The number of nitrogens with one attached hydrogen (secondary N) is 1. The van der Waals surface area contributed by atoms with Crippen molar-refractivity contribution in [2.75, 3.05) is 25.0 Å². The molecule has 2 heterocycles. The zero-order valence-corrected chi connectivity index (χ0v) is 14.8. The Morgan fingerprint density at radius 3 is 2.54 bits per heavy atom. The minimum atomic E-state index is -4.54. The highest BCUT2D eigenvalue weighted by Crippen LogP contribution is 2.33. The summed E-state index contributed by atoms with van der Waals surface area (Å²) < 4.78 is 40.5. The Morgan fingerprint density at radius 2 is 1.96 bits per heavy atom. The number of piperidine rings is 1. The Labute approximate surface area is 158 Å². The van der Waals surface area contributed by atoms with Crippen LogP contribution in [0.2, 0.25) is 0 Å². The fourth-order valence-corrected chi connectivity index (χ4v) is 3.11. The molecule has 0 saturated carbocycles. The second-order valence-corrected chi connectivity index (χ2v) is 6.57. The van der Waals surface area contributed by atoms with Gasteiger partial charge in [0.15, 0.2) is 0 Å². The van der Waals surface area contributed by atoms with Crippen molar-refractivity contribution in [3.8, 4) is 5.69 Å². The van der Waals surface area contributed by atoms with Crippen molar-refractivity contribution in [2.24, 2.45) is 11.7 Å². The van der Waals surface area contributed by atoms with Crippen molar-refractivity contribution in [2.45, 2.75) is 19.0 Å². The first kappa shape index (κ1) is 19.8. The number of carbonyl (C=O) groups excluding carboxylic acids is 2. The average Bonchev–Trinajstić information content (AvgIpc) is 3.15. The standard InChI is InChI=1S/C17H19F3N6O2/c18-17(19,20)12-1-2-14(26-10-22-9-23-26)13(7-12)24-15(27)8-25-5-3-11(4-6-25)16(21)28/h1-2,7,9-11H,3-6,8H2,(H2,21,28)(H,24,27). The summed E-state index contributed by atoms with van der Waals surface area (Å²) in [6.07, 6.45) is -0.872. The molecule has 1 aromatic heterocycles. The quantitative estimate of drug-likeness (QED) is 0.795. The predicted octanol–water partition coefficient (Wildman–Crippen LogP) is 1.42. The Kier molecular flexibility index (Phi) is 5.63. The van der Waals surface area contributed by atoms with Gasteiger partial charge in [-0.25, -0.2) is 9.67 Å². The minimum absolute atomic E-state index is 0.00146. The summed E-state index contributed by atoms with van der Waals surface area (Å²) in [4.78, 5) is 29.2. The molecule has 0 bridgehead atoms. The third-order valence-electron chi connectivity index (χ3n) is 4.62. The average molecular weight is 396 g/mol. The summed E-state index contributed by atoms with van der Waals surface area (Å²) in [6, 6.07) is 3.01. The number of hydrogen-bond donors (Lipinski definition) is 2. The summed E-state index contributed by atoms with van der Waals surface area (Å²) in [7, 11) is 0. The van der Waals surface area contributed by atoms with Crippen molar-refractivity contribution in [3.05, 3.63) is 36.4 Å². The predicted molar refractivity (Wildman–Crippen MR) is 93.3 cm³/mol. The lowest BCUT2D eigenvalue weighted by Gasteiger charge is -2.29. The van der Waals surface area contributed by atoms with Crippen molar-refractivity contribution in [1.82, 2.24) is 19.7 Å². The lowest BCUT2D eigenvalue weighted by molar-refractivity contribution is -0.137. The molecule has 1 saturated heterocycles. The molecule has 11 heteroatoms. The van der Waals surface area contributed by atoms with Crippen LogP contribution in [-0.2, 0) is 15.8 Å². The van der Waals surface area contributed by atoms with E-state index in [-0.39, 0.29) is 29.7 Å². The molecule has 1 aliphatic heterocycles. The van der Waals surface area contributed by atoms with Crippen LogP contribution in [0.3, 0.4) is 0 Å². The third kappa shape index (κ3) is 4.66. The number of primary amides is 1. The number of likely N-dealkylation sites (tertiary alicyclic amines) is 1. The number of nitrogens with two attached hydrogens (primary N) is 1. The smallest absolute Gasteiger partial charge is 0.369 e. The molecule has 1 fully saturated rings. The topological polar surface area (TPSA) is 106 Å². The molecule has 28 heavy (non-hydrogen) atoms. The minimum Gasteiger partial charge on any atom is -0.369 e. The van der Waals surface area contributed by atoms with Crippen LogP contribution in [0.5, 0.6) is 0 Å². The van der Waals surface area contributed by atoms with E-state index in [1.54, 1.807) is 0 Å². The van der Waals surface area contributed by atoms with Crippen LogP contribution in [0.1, 0.15) is 18.4 Å². The number of amides is 2. The van der Waals surface area contributed by atoms with Gasteiger partial charge in [-0.3, -0.25) is 14.5 Å². The van der Waals surface area contributed by atoms with Gasteiger partial charge >= 0.3 is 6.18 Å². The second-order valence-electron chi connectivity index (χ2n) is 6.57. The van der Waals surface area contributed by atoms with E-state index in [1.807, 2.05) is 4.90 Å². The van der Waals surface area contributed by atoms with Crippen molar-refractivity contribution >= 4 is 17.5 Å². The number of hydrogen-bond acceptors (Lipinski definition) is 5. The Balaban J connectivity index is 1.73. The van der Waals surface area contributed by atoms with Crippen molar-refractivity contribution < 1.29 is 22.8 Å². The zero-order valence-electron chi connectivity index (χ0n) is 14.8. The van der Waals surface area contributed by atoms with Crippen LogP contribution in [0.4, 0.5) is 18.9 Å². The maximum Gasteiger partial charge on any atom is 0.416 e. The zero-order chi connectivity index (χ0) is 20.3. The van der Waals surface area contributed by atoms with Crippen LogP contribution in [-0.4, -0.2) is 51.1 Å². The molecule has 0 atom stereocenters. The summed E-state index contributed by atoms with van der Waals surface area (Å²) in [5, 5.41) is 6.44. The molecule has 150 valence electrons. The molecule has 2 amide bonds. The first-order valence-electron chi connectivity index (χ1n) is 8.62. The van der Waals surface area contributed by atoms with Gasteiger partial charge in [-0.05, 0) is 44.1 Å². The second kappa shape index (κ2) is 7.97. The van der Waals surface area contributed by atoms with E-state index < -0.39 is 17.6 Å². The first-order valence-corrected chi connectivity index (χ1v) is 8.62. The molecule has 2 aromatic rings. The van der Waals surface area contributed by atoms with E-state index in [2.05, 4.69) is 15.4 Å². The fourth-order valence-electron chi connectivity index (χ4n) is 3.11. The molecule has 0 radical (unpaired) electrons. The summed E-state index contributed by atoms with van der Waals surface area (Å²) >= 11 is 0. The van der Waals surface area contributed by atoms with Crippen LogP contribution in [0.15, 0.2) is 30.9 Å². The van der Waals surface area contributed by atoms with E-state index in [0.717, 1.165) is 12.1 Å². The molecule has 3 N–H and O–H groups in total. The third-order valence-corrected chi connectivity index (χ3v) is 4.62. The summed E-state index contributed by atoms with van der Waals surface area (Å²) in [6.45, 7) is 1.03. The Bertz CT molecular complexity index is 845. The van der Waals surface area contributed by atoms with Gasteiger partial charge in [0.05, 0.1) is 23.5 Å². The highest BCUT2D eigenvalue weighted by Gasteiger charge is 2.31. The largest absolute Gasteiger partial charge is 0.416 e. The van der Waals surface area contributed by atoms with Gasteiger partial charge in [0.1, 0.15) is 12.7 Å². The molecule has 8 nitrogen and oxygen atoms in total. The van der Waals surface area contributed by atoms with E-state index in [9.17, 15) is 22.8 Å². The molecule has 3 rings (SSSR count). The van der Waals surface area contributed by atoms with Crippen molar-refractivity contribution in [1.29, 1.82) is 0 Å². The van der Waals surface area contributed by atoms with Crippen LogP contribution in [0.25, 0.3) is 5.69 Å². The maximum atomic E-state index is 13.1. The molecule has 1 aromatic carbocycles. The van der Waals surface area contributed by atoms with Crippen LogP contribution >= 0.6 is 0 Å². The molecule has 0 unspecified atom stereocenters. The lowest BCUT2D eigenvalue weighted by atomic mass is 9.96. The monoisotopic (exact) mass is 396 g/mol. The van der Waals surface area contributed by atoms with Gasteiger partial charge in [0.2, 0.25) is 11.8 Å². The number of halogens is 3. The van der Waals surface area contributed by atoms with E-state index in [4.69, 9.17) is 5.73 Å². The van der Waals surface area contributed by atoms with Crippen LogP contribution < -0.4 is 11.1 Å². The SMILES string of the molecule is NC(=O)C1CCN(CC(=O)Nc2cc(C(F)(F)F)ccc2-n2cncn2)CC1. The van der Waals surface area contributed by atoms with E-state index in [0.29, 0.717) is 25.9 Å². The highest BCUT2D eigenvalue weighted by molar-refractivity contribution is 5.94. The number of nitrogens with zero attached hydrogens (tertiary/aromatic N) is 4. The number of benzene rings is 1. The number of anilines is 1. The molecular formula is C17H19F3N6O2. The van der Waals surface area contributed by atoms with Crippen molar-refractivity contribution in [3.63, 3.8) is 0 Å². The Morgan fingerprint density at radius 1 is 1.25 bits per heavy atom. The lowest BCUT2D eigenvalue weighted by Crippen LogP contribution is -2.42. The van der Waals surface area contributed by atoms with E-state index >= 15 is 0 Å². The molecule has 0 spiro atoms. The summed E-state index contributed by atoms with van der Waals surface area (Å²) in [5.41, 5.74) is 4.66. The van der Waals surface area contributed by atoms with E-state index in [1.165, 1.54) is 23.4 Å². The number of alkyl halides is 3. The Hall–Kier alpha value is -2.95. The fraction of sp³-hybridized carbons (Fsp3) is 0.412. The van der Waals surface area contributed by atoms with Gasteiger partial charge < -0.3 is 11.1 Å². The van der Waals surface area contributed by atoms with Gasteiger partial charge in [-0.2, -0.15) is 18.3 Å². The highest BCUT2D eigenvalue weighted by atomic mass is 19.4. The van der Waals surface area contributed by atoms with Gasteiger partial charge in [0.25, 0.3) is 0 Å². The van der Waals surface area contributed by atoms with Gasteiger partial charge in [-0.15, -0.1) is 0 Å². The van der Waals surface area contributed by atoms with Gasteiger partial charge in [-0.1, -0.05) is 0 Å². The molecular weight excluding hydrogens is 377 g/mol. The number of rotatable bonds is 5. The molecule has 0 aliphatic carbocycles. The normalized spacial score (nSPS) is 16.1. The number of aromatic nitrogens is 3. The van der Waals surface area contributed by atoms with Crippen LogP contribution in [0, 0.1) is 5.92 Å².